The number of amides is 1. The predicted molar refractivity (Wildman–Crippen MR) is 70.2 cm³/mol. The van der Waals surface area contributed by atoms with Crippen LogP contribution in [0, 0.1) is 5.92 Å². The Bertz CT molecular complexity index is 340. The van der Waals surface area contributed by atoms with E-state index in [1.54, 1.807) is 6.92 Å². The van der Waals surface area contributed by atoms with Crippen LogP contribution in [0.4, 0.5) is 13.2 Å². The number of nitrogens with zero attached hydrogens (tertiary/aromatic N) is 1. The van der Waals surface area contributed by atoms with Crippen molar-refractivity contribution in [2.45, 2.75) is 63.7 Å². The van der Waals surface area contributed by atoms with E-state index in [9.17, 15) is 18.0 Å². The molecule has 0 radical (unpaired) electrons. The molecule has 1 saturated heterocycles. The Hall–Kier alpha value is -0.780. The summed E-state index contributed by atoms with van der Waals surface area (Å²) in [5, 5.41) is 3.11. The second kappa shape index (κ2) is 6.33. The van der Waals surface area contributed by atoms with Gasteiger partial charge in [0, 0.05) is 19.1 Å². The standard InChI is InChI=1S/C14H23F3N2O/c1-10(13(20)19-7-2-3-8-19)18-12-6-4-5-11(9-12)14(15,16)17/h10-12,18H,2-9H2,1H3. The molecule has 3 atom stereocenters. The summed E-state index contributed by atoms with van der Waals surface area (Å²) in [6.07, 6.45) is -0.438. The van der Waals surface area contributed by atoms with E-state index in [4.69, 9.17) is 0 Å². The Labute approximate surface area is 117 Å². The maximum Gasteiger partial charge on any atom is 0.391 e. The average Bonchev–Trinajstić information content (AvgIpc) is 2.91. The quantitative estimate of drug-likeness (QED) is 0.867. The maximum atomic E-state index is 12.8. The van der Waals surface area contributed by atoms with Gasteiger partial charge in [0.05, 0.1) is 12.0 Å². The van der Waals surface area contributed by atoms with Crippen molar-refractivity contribution < 1.29 is 18.0 Å². The fraction of sp³-hybridized carbons (Fsp3) is 0.929. The third kappa shape index (κ3) is 3.87. The van der Waals surface area contributed by atoms with Crippen LogP contribution in [0.2, 0.25) is 0 Å². The van der Waals surface area contributed by atoms with Crippen LogP contribution in [0.25, 0.3) is 0 Å². The Morgan fingerprint density at radius 2 is 1.85 bits per heavy atom. The lowest BCUT2D eigenvalue weighted by Gasteiger charge is -2.33. The molecule has 0 aromatic heterocycles. The Morgan fingerprint density at radius 3 is 2.45 bits per heavy atom. The Balaban J connectivity index is 1.84. The summed E-state index contributed by atoms with van der Waals surface area (Å²) in [5.41, 5.74) is 0. The number of carbonyl (C=O) groups is 1. The van der Waals surface area contributed by atoms with Crippen molar-refractivity contribution in [3.63, 3.8) is 0 Å². The minimum Gasteiger partial charge on any atom is -0.341 e. The summed E-state index contributed by atoms with van der Waals surface area (Å²) in [6, 6.07) is -0.581. The molecule has 1 heterocycles. The van der Waals surface area contributed by atoms with E-state index in [1.165, 1.54) is 0 Å². The third-order valence-corrected chi connectivity index (χ3v) is 4.41. The SMILES string of the molecule is CC(NC1CCCC(C(F)(F)F)C1)C(=O)N1CCCC1. The molecule has 20 heavy (non-hydrogen) atoms. The van der Waals surface area contributed by atoms with Crippen LogP contribution < -0.4 is 5.32 Å². The van der Waals surface area contributed by atoms with Gasteiger partial charge in [-0.15, -0.1) is 0 Å². The summed E-state index contributed by atoms with van der Waals surface area (Å²) < 4.78 is 38.3. The number of halogens is 3. The van der Waals surface area contributed by atoms with Crippen LogP contribution in [0.3, 0.4) is 0 Å². The minimum absolute atomic E-state index is 0.0247. The molecule has 1 N–H and O–H groups in total. The molecule has 1 aliphatic carbocycles. The van der Waals surface area contributed by atoms with Crippen molar-refractivity contribution in [2.24, 2.45) is 5.92 Å². The van der Waals surface area contributed by atoms with Crippen LogP contribution in [-0.2, 0) is 4.79 Å². The predicted octanol–water partition coefficient (Wildman–Crippen LogP) is 2.71. The molecule has 0 aromatic rings. The molecule has 2 rings (SSSR count). The summed E-state index contributed by atoms with van der Waals surface area (Å²) in [5.74, 6) is -1.19. The van der Waals surface area contributed by atoms with E-state index in [-0.39, 0.29) is 30.8 Å². The average molecular weight is 292 g/mol. The number of alkyl halides is 3. The zero-order valence-electron chi connectivity index (χ0n) is 11.9. The highest BCUT2D eigenvalue weighted by atomic mass is 19.4. The molecule has 1 saturated carbocycles. The lowest BCUT2D eigenvalue weighted by atomic mass is 9.85. The van der Waals surface area contributed by atoms with Gasteiger partial charge in [0.25, 0.3) is 0 Å². The van der Waals surface area contributed by atoms with E-state index in [1.807, 2.05) is 4.90 Å². The summed E-state index contributed by atoms with van der Waals surface area (Å²) in [6.45, 7) is 3.32. The molecule has 1 aliphatic heterocycles. The normalized spacial score (nSPS) is 29.5. The van der Waals surface area contributed by atoms with Crippen LogP contribution in [0.1, 0.15) is 45.4 Å². The largest absolute Gasteiger partial charge is 0.391 e. The van der Waals surface area contributed by atoms with E-state index >= 15 is 0 Å². The molecule has 2 fully saturated rings. The number of hydrogen-bond donors (Lipinski definition) is 1. The second-order valence-electron chi connectivity index (χ2n) is 6.02. The fourth-order valence-corrected chi connectivity index (χ4v) is 3.27. The van der Waals surface area contributed by atoms with Gasteiger partial charge in [0.2, 0.25) is 5.91 Å². The molecule has 2 aliphatic rings. The first-order valence-corrected chi connectivity index (χ1v) is 7.49. The monoisotopic (exact) mass is 292 g/mol. The number of carbonyl (C=O) groups excluding carboxylic acids is 1. The molecule has 6 heteroatoms. The van der Waals surface area contributed by atoms with Gasteiger partial charge in [-0.1, -0.05) is 6.42 Å². The highest BCUT2D eigenvalue weighted by Gasteiger charge is 2.42. The molecule has 3 unspecified atom stereocenters. The number of nitrogens with one attached hydrogen (secondary N) is 1. The molecular formula is C14H23F3N2O. The van der Waals surface area contributed by atoms with E-state index in [0.29, 0.717) is 6.42 Å². The molecule has 1 amide bonds. The summed E-state index contributed by atoms with van der Waals surface area (Å²) >= 11 is 0. The van der Waals surface area contributed by atoms with E-state index in [2.05, 4.69) is 5.32 Å². The van der Waals surface area contributed by atoms with Gasteiger partial charge in [-0.3, -0.25) is 4.79 Å². The van der Waals surface area contributed by atoms with Crippen LogP contribution >= 0.6 is 0 Å². The van der Waals surface area contributed by atoms with Crippen molar-refractivity contribution in [3.05, 3.63) is 0 Å². The van der Waals surface area contributed by atoms with Gasteiger partial charge in [0.15, 0.2) is 0 Å². The lowest BCUT2D eigenvalue weighted by Crippen LogP contribution is -2.49. The summed E-state index contributed by atoms with van der Waals surface area (Å²) in [4.78, 5) is 13.9. The first kappa shape index (κ1) is 15.6. The number of hydrogen-bond acceptors (Lipinski definition) is 2. The second-order valence-corrected chi connectivity index (χ2v) is 6.02. The molecule has 116 valence electrons. The first-order chi connectivity index (χ1) is 9.38. The van der Waals surface area contributed by atoms with Gasteiger partial charge >= 0.3 is 6.18 Å². The van der Waals surface area contributed by atoms with Crippen LogP contribution in [0.15, 0.2) is 0 Å². The van der Waals surface area contributed by atoms with Gasteiger partial charge in [0.1, 0.15) is 0 Å². The van der Waals surface area contributed by atoms with Crippen molar-refractivity contribution in [3.8, 4) is 0 Å². The van der Waals surface area contributed by atoms with E-state index in [0.717, 1.165) is 32.4 Å². The highest BCUT2D eigenvalue weighted by molar-refractivity contribution is 5.81. The van der Waals surface area contributed by atoms with Crippen LogP contribution in [-0.4, -0.2) is 42.2 Å². The lowest BCUT2D eigenvalue weighted by molar-refractivity contribution is -0.183. The molecule has 0 bridgehead atoms. The number of likely N-dealkylation sites (tertiary alicyclic amines) is 1. The van der Waals surface area contributed by atoms with Crippen molar-refractivity contribution >= 4 is 5.91 Å². The topological polar surface area (TPSA) is 32.3 Å². The third-order valence-electron chi connectivity index (χ3n) is 4.41. The minimum atomic E-state index is -4.11. The van der Waals surface area contributed by atoms with Gasteiger partial charge < -0.3 is 10.2 Å². The maximum absolute atomic E-state index is 12.8. The first-order valence-electron chi connectivity index (χ1n) is 7.49. The molecule has 0 aromatic carbocycles. The van der Waals surface area contributed by atoms with Crippen molar-refractivity contribution in [2.75, 3.05) is 13.1 Å². The van der Waals surface area contributed by atoms with Crippen molar-refractivity contribution in [1.29, 1.82) is 0 Å². The zero-order valence-corrected chi connectivity index (χ0v) is 11.9. The number of rotatable bonds is 3. The Morgan fingerprint density at radius 1 is 1.20 bits per heavy atom. The van der Waals surface area contributed by atoms with Crippen molar-refractivity contribution in [1.82, 2.24) is 10.2 Å². The molecule has 0 spiro atoms. The Kier molecular flexibility index (Phi) is 4.94. The van der Waals surface area contributed by atoms with Gasteiger partial charge in [-0.2, -0.15) is 13.2 Å². The smallest absolute Gasteiger partial charge is 0.341 e. The molecule has 3 nitrogen and oxygen atoms in total. The van der Waals surface area contributed by atoms with Gasteiger partial charge in [-0.25, -0.2) is 0 Å². The van der Waals surface area contributed by atoms with E-state index < -0.39 is 12.1 Å². The molecular weight excluding hydrogens is 269 g/mol. The summed E-state index contributed by atoms with van der Waals surface area (Å²) in [7, 11) is 0. The zero-order chi connectivity index (χ0) is 14.8. The van der Waals surface area contributed by atoms with Gasteiger partial charge in [-0.05, 0) is 39.0 Å². The van der Waals surface area contributed by atoms with Crippen LogP contribution in [0.5, 0.6) is 0 Å². The fourth-order valence-electron chi connectivity index (χ4n) is 3.27. The highest BCUT2D eigenvalue weighted by Crippen LogP contribution is 2.37.